The standard InChI is InChI=1S/C16H25ClN2O2/c1-2-7-13-16(21)19(11-6-10-17)14(15(20)18-13)12-8-4-3-5-9-12/h6,10,12-14H,2-5,7-9,11H2,1H3,(H,18,20)/b10-6+. The first-order valence-electron chi connectivity index (χ1n) is 8.05. The lowest BCUT2D eigenvalue weighted by atomic mass is 9.81. The number of amides is 2. The Kier molecular flexibility index (Phi) is 6.09. The highest BCUT2D eigenvalue weighted by molar-refractivity contribution is 6.25. The Labute approximate surface area is 131 Å². The van der Waals surface area contributed by atoms with Gasteiger partial charge in [-0.05, 0) is 25.2 Å². The van der Waals surface area contributed by atoms with Gasteiger partial charge in [-0.25, -0.2) is 0 Å². The largest absolute Gasteiger partial charge is 0.342 e. The van der Waals surface area contributed by atoms with E-state index in [1.807, 2.05) is 6.92 Å². The van der Waals surface area contributed by atoms with Crippen LogP contribution >= 0.6 is 11.6 Å². The van der Waals surface area contributed by atoms with Crippen molar-refractivity contribution in [1.29, 1.82) is 0 Å². The van der Waals surface area contributed by atoms with E-state index in [9.17, 15) is 9.59 Å². The smallest absolute Gasteiger partial charge is 0.246 e. The average molecular weight is 313 g/mol. The van der Waals surface area contributed by atoms with Crippen molar-refractivity contribution < 1.29 is 9.59 Å². The van der Waals surface area contributed by atoms with Crippen LogP contribution < -0.4 is 5.32 Å². The van der Waals surface area contributed by atoms with E-state index in [1.165, 1.54) is 12.0 Å². The minimum atomic E-state index is -0.369. The fraction of sp³-hybridized carbons (Fsp3) is 0.750. The molecule has 2 fully saturated rings. The molecule has 2 aliphatic rings. The van der Waals surface area contributed by atoms with E-state index in [1.54, 1.807) is 11.0 Å². The monoisotopic (exact) mass is 312 g/mol. The molecule has 0 aromatic carbocycles. The van der Waals surface area contributed by atoms with Gasteiger partial charge in [0, 0.05) is 12.1 Å². The number of halogens is 1. The molecule has 0 bridgehead atoms. The molecule has 1 heterocycles. The maximum absolute atomic E-state index is 12.7. The number of nitrogens with zero attached hydrogens (tertiary/aromatic N) is 1. The molecule has 1 saturated heterocycles. The molecule has 0 aromatic rings. The maximum atomic E-state index is 12.7. The number of hydrogen-bond donors (Lipinski definition) is 1. The zero-order valence-electron chi connectivity index (χ0n) is 12.7. The van der Waals surface area contributed by atoms with Crippen LogP contribution in [0.5, 0.6) is 0 Å². The summed E-state index contributed by atoms with van der Waals surface area (Å²) < 4.78 is 0. The Morgan fingerprint density at radius 3 is 2.62 bits per heavy atom. The van der Waals surface area contributed by atoms with Crippen molar-refractivity contribution in [1.82, 2.24) is 10.2 Å². The second-order valence-electron chi connectivity index (χ2n) is 6.05. The van der Waals surface area contributed by atoms with Crippen molar-refractivity contribution in [3.8, 4) is 0 Å². The number of carbonyl (C=O) groups excluding carboxylic acids is 2. The summed E-state index contributed by atoms with van der Waals surface area (Å²) >= 11 is 5.62. The van der Waals surface area contributed by atoms with E-state index in [0.29, 0.717) is 13.0 Å². The summed E-state index contributed by atoms with van der Waals surface area (Å²) in [5.74, 6) is 0.346. The summed E-state index contributed by atoms with van der Waals surface area (Å²) in [4.78, 5) is 26.9. The van der Waals surface area contributed by atoms with Crippen LogP contribution in [0.4, 0.5) is 0 Å². The molecular weight excluding hydrogens is 288 g/mol. The van der Waals surface area contributed by atoms with Crippen LogP contribution in [0.15, 0.2) is 11.6 Å². The van der Waals surface area contributed by atoms with Gasteiger partial charge in [0.25, 0.3) is 0 Å². The highest BCUT2D eigenvalue weighted by Gasteiger charge is 2.43. The molecule has 2 unspecified atom stereocenters. The third-order valence-electron chi connectivity index (χ3n) is 4.57. The van der Waals surface area contributed by atoms with Gasteiger partial charge in [0.1, 0.15) is 12.1 Å². The van der Waals surface area contributed by atoms with Gasteiger partial charge in [0.15, 0.2) is 0 Å². The fourth-order valence-electron chi connectivity index (χ4n) is 3.56. The molecule has 21 heavy (non-hydrogen) atoms. The van der Waals surface area contributed by atoms with Crippen molar-refractivity contribution in [3.05, 3.63) is 11.6 Å². The topological polar surface area (TPSA) is 49.4 Å². The molecule has 2 atom stereocenters. The minimum absolute atomic E-state index is 0.0166. The van der Waals surface area contributed by atoms with Gasteiger partial charge in [0.05, 0.1) is 0 Å². The summed E-state index contributed by atoms with van der Waals surface area (Å²) in [5.41, 5.74) is 1.42. The third kappa shape index (κ3) is 3.79. The number of rotatable bonds is 5. The molecule has 1 aliphatic carbocycles. The van der Waals surface area contributed by atoms with Gasteiger partial charge in [0.2, 0.25) is 11.8 Å². The van der Waals surface area contributed by atoms with Crippen LogP contribution in [-0.4, -0.2) is 35.3 Å². The Morgan fingerprint density at radius 2 is 2.00 bits per heavy atom. The number of hydrogen-bond acceptors (Lipinski definition) is 2. The van der Waals surface area contributed by atoms with Crippen LogP contribution in [0.25, 0.3) is 0 Å². The van der Waals surface area contributed by atoms with E-state index in [4.69, 9.17) is 11.6 Å². The van der Waals surface area contributed by atoms with E-state index in [2.05, 4.69) is 5.32 Å². The molecule has 2 rings (SSSR count). The summed E-state index contributed by atoms with van der Waals surface area (Å²) in [6.45, 7) is 2.45. The van der Waals surface area contributed by atoms with Crippen LogP contribution in [0, 0.1) is 5.92 Å². The fourth-order valence-corrected chi connectivity index (χ4v) is 3.64. The molecule has 1 N–H and O–H groups in total. The molecular formula is C16H25ClN2O2. The Bertz CT molecular complexity index is 405. The second kappa shape index (κ2) is 7.83. The van der Waals surface area contributed by atoms with Crippen molar-refractivity contribution in [2.24, 2.45) is 5.92 Å². The van der Waals surface area contributed by atoms with Crippen molar-refractivity contribution in [3.63, 3.8) is 0 Å². The SMILES string of the molecule is CCCC1NC(=O)C(C2CCCCC2)N(C/C=C/Cl)C1=O. The third-order valence-corrected chi connectivity index (χ3v) is 4.75. The lowest BCUT2D eigenvalue weighted by Crippen LogP contribution is -2.65. The molecule has 5 heteroatoms. The van der Waals surface area contributed by atoms with Crippen molar-refractivity contribution in [2.45, 2.75) is 64.0 Å². The van der Waals surface area contributed by atoms with E-state index >= 15 is 0 Å². The number of carbonyl (C=O) groups is 2. The molecule has 0 aromatic heterocycles. The predicted octanol–water partition coefficient (Wildman–Crippen LogP) is 2.81. The van der Waals surface area contributed by atoms with E-state index in [-0.39, 0.29) is 29.8 Å². The molecule has 4 nitrogen and oxygen atoms in total. The molecule has 118 valence electrons. The molecule has 0 spiro atoms. The van der Waals surface area contributed by atoms with Gasteiger partial charge < -0.3 is 10.2 Å². The van der Waals surface area contributed by atoms with Gasteiger partial charge in [-0.3, -0.25) is 9.59 Å². The van der Waals surface area contributed by atoms with Crippen LogP contribution in [0.2, 0.25) is 0 Å². The minimum Gasteiger partial charge on any atom is -0.342 e. The Balaban J connectivity index is 2.18. The number of nitrogens with one attached hydrogen (secondary N) is 1. The lowest BCUT2D eigenvalue weighted by molar-refractivity contribution is -0.151. The van der Waals surface area contributed by atoms with Gasteiger partial charge in [-0.1, -0.05) is 50.3 Å². The first-order chi connectivity index (χ1) is 10.2. The first kappa shape index (κ1) is 16.3. The summed E-state index contributed by atoms with van der Waals surface area (Å²) in [6, 6.07) is -0.690. The number of piperazine rings is 1. The zero-order chi connectivity index (χ0) is 15.2. The highest BCUT2D eigenvalue weighted by atomic mass is 35.5. The maximum Gasteiger partial charge on any atom is 0.246 e. The summed E-state index contributed by atoms with van der Waals surface area (Å²) in [5, 5.41) is 2.93. The highest BCUT2D eigenvalue weighted by Crippen LogP contribution is 2.31. The van der Waals surface area contributed by atoms with Crippen LogP contribution in [0.1, 0.15) is 51.9 Å². The van der Waals surface area contributed by atoms with E-state index in [0.717, 1.165) is 32.1 Å². The molecule has 0 radical (unpaired) electrons. The van der Waals surface area contributed by atoms with Gasteiger partial charge in [-0.2, -0.15) is 0 Å². The Morgan fingerprint density at radius 1 is 1.29 bits per heavy atom. The van der Waals surface area contributed by atoms with Gasteiger partial charge >= 0.3 is 0 Å². The lowest BCUT2D eigenvalue weighted by Gasteiger charge is -2.43. The molecule has 1 aliphatic heterocycles. The normalized spacial score (nSPS) is 28.2. The average Bonchev–Trinajstić information content (AvgIpc) is 2.50. The summed E-state index contributed by atoms with van der Waals surface area (Å²) in [6.07, 6.45) is 8.93. The first-order valence-corrected chi connectivity index (χ1v) is 8.48. The predicted molar refractivity (Wildman–Crippen MR) is 83.9 cm³/mol. The summed E-state index contributed by atoms with van der Waals surface area (Å²) in [7, 11) is 0. The molecule has 2 amide bonds. The quantitative estimate of drug-likeness (QED) is 0.848. The van der Waals surface area contributed by atoms with Gasteiger partial charge in [-0.15, -0.1) is 0 Å². The van der Waals surface area contributed by atoms with Crippen LogP contribution in [-0.2, 0) is 9.59 Å². The van der Waals surface area contributed by atoms with Crippen molar-refractivity contribution in [2.75, 3.05) is 6.54 Å². The van der Waals surface area contributed by atoms with Crippen LogP contribution in [0.3, 0.4) is 0 Å². The van der Waals surface area contributed by atoms with E-state index < -0.39 is 0 Å². The Hall–Kier alpha value is -1.03. The van der Waals surface area contributed by atoms with Crippen molar-refractivity contribution >= 4 is 23.4 Å². The second-order valence-corrected chi connectivity index (χ2v) is 6.30. The molecule has 1 saturated carbocycles. The zero-order valence-corrected chi connectivity index (χ0v) is 13.4.